The number of halogens is 3. The van der Waals surface area contributed by atoms with Crippen molar-refractivity contribution in [2.45, 2.75) is 6.18 Å². The molecule has 0 unspecified atom stereocenters. The van der Waals surface area contributed by atoms with E-state index in [9.17, 15) is 18.0 Å². The lowest BCUT2D eigenvalue weighted by Gasteiger charge is -2.12. The van der Waals surface area contributed by atoms with Gasteiger partial charge < -0.3 is 0 Å². The fourth-order valence-electron chi connectivity index (χ4n) is 1.91. The van der Waals surface area contributed by atoms with Gasteiger partial charge in [0.15, 0.2) is 10.8 Å². The molecule has 4 nitrogen and oxygen atoms in total. The minimum atomic E-state index is -4.68. The minimum Gasteiger partial charge on any atom is -0.245 e. The first-order valence-electron chi connectivity index (χ1n) is 5.47. The number of alkyl halides is 3. The Bertz CT molecular complexity index is 824. The first-order chi connectivity index (χ1) is 9.48. The second kappa shape index (κ2) is 4.41. The summed E-state index contributed by atoms with van der Waals surface area (Å²) >= 11 is 1.15. The highest BCUT2D eigenvalue weighted by atomic mass is 32.1. The van der Waals surface area contributed by atoms with Crippen LogP contribution in [0.15, 0.2) is 40.6 Å². The first-order valence-corrected chi connectivity index (χ1v) is 6.35. The maximum absolute atomic E-state index is 12.9. The number of rotatable bonds is 1. The third-order valence-corrected chi connectivity index (χ3v) is 3.43. The van der Waals surface area contributed by atoms with E-state index in [2.05, 4.69) is 9.97 Å². The molecule has 102 valence electrons. The number of fused-ring (bicyclic) bond motifs is 1. The standard InChI is InChI=1S/C12H6F3N3OS/c13-12(14,15)9-7-3-1-2-4-8(7)18(10(19)17-9)11-16-5-6-20-11/h1-6H. The van der Waals surface area contributed by atoms with Crippen molar-refractivity contribution in [2.24, 2.45) is 0 Å². The number of benzene rings is 1. The Morgan fingerprint density at radius 2 is 1.95 bits per heavy atom. The number of hydrogen-bond donors (Lipinski definition) is 0. The van der Waals surface area contributed by atoms with Crippen LogP contribution < -0.4 is 5.69 Å². The topological polar surface area (TPSA) is 47.8 Å². The largest absolute Gasteiger partial charge is 0.434 e. The van der Waals surface area contributed by atoms with Gasteiger partial charge in [0.1, 0.15) is 0 Å². The van der Waals surface area contributed by atoms with Crippen LogP contribution in [0.3, 0.4) is 0 Å². The summed E-state index contributed by atoms with van der Waals surface area (Å²) in [5, 5.41) is 1.79. The van der Waals surface area contributed by atoms with Crippen molar-refractivity contribution in [3.63, 3.8) is 0 Å². The second-order valence-electron chi connectivity index (χ2n) is 3.91. The summed E-state index contributed by atoms with van der Waals surface area (Å²) in [7, 11) is 0. The molecule has 3 aromatic rings. The SMILES string of the molecule is O=c1nc(C(F)(F)F)c2ccccc2n1-c1nccs1. The highest BCUT2D eigenvalue weighted by Gasteiger charge is 2.36. The second-order valence-corrected chi connectivity index (χ2v) is 4.78. The van der Waals surface area contributed by atoms with Gasteiger partial charge in [0.2, 0.25) is 0 Å². The summed E-state index contributed by atoms with van der Waals surface area (Å²) in [5.74, 6) is 0. The fourth-order valence-corrected chi connectivity index (χ4v) is 2.55. The maximum atomic E-state index is 12.9. The molecule has 0 bridgehead atoms. The number of nitrogens with zero attached hydrogens (tertiary/aromatic N) is 3. The molecule has 8 heteroatoms. The molecular formula is C12H6F3N3OS. The Hall–Kier alpha value is -2.22. The number of para-hydroxylation sites is 1. The summed E-state index contributed by atoms with van der Waals surface area (Å²) in [6, 6.07) is 5.76. The quantitative estimate of drug-likeness (QED) is 0.694. The summed E-state index contributed by atoms with van der Waals surface area (Å²) in [4.78, 5) is 19.0. The highest BCUT2D eigenvalue weighted by molar-refractivity contribution is 7.12. The molecule has 2 heterocycles. The van der Waals surface area contributed by atoms with Crippen molar-refractivity contribution in [1.29, 1.82) is 0 Å². The van der Waals surface area contributed by atoms with Gasteiger partial charge in [-0.1, -0.05) is 18.2 Å². The van der Waals surface area contributed by atoms with Crippen molar-refractivity contribution in [3.8, 4) is 5.13 Å². The Balaban J connectivity index is 2.46. The zero-order valence-electron chi connectivity index (χ0n) is 9.76. The zero-order chi connectivity index (χ0) is 14.3. The number of thiazole rings is 1. The van der Waals surface area contributed by atoms with Gasteiger partial charge in [-0.05, 0) is 6.07 Å². The van der Waals surface area contributed by atoms with Gasteiger partial charge >= 0.3 is 11.9 Å². The molecule has 0 N–H and O–H groups in total. The van der Waals surface area contributed by atoms with Crippen molar-refractivity contribution in [2.75, 3.05) is 0 Å². The van der Waals surface area contributed by atoms with Gasteiger partial charge in [-0.2, -0.15) is 18.2 Å². The summed E-state index contributed by atoms with van der Waals surface area (Å²) in [6.07, 6.45) is -3.21. The molecule has 1 aromatic carbocycles. The molecule has 0 spiro atoms. The maximum Gasteiger partial charge on any atom is 0.434 e. The average molecular weight is 297 g/mol. The zero-order valence-corrected chi connectivity index (χ0v) is 10.6. The van der Waals surface area contributed by atoms with Gasteiger partial charge in [-0.25, -0.2) is 14.3 Å². The van der Waals surface area contributed by atoms with Gasteiger partial charge in [0.25, 0.3) is 0 Å². The van der Waals surface area contributed by atoms with Crippen molar-refractivity contribution in [1.82, 2.24) is 14.5 Å². The number of aromatic nitrogens is 3. The molecule has 2 aromatic heterocycles. The van der Waals surface area contributed by atoms with Gasteiger partial charge in [0, 0.05) is 17.0 Å². The number of hydrogen-bond acceptors (Lipinski definition) is 4. The predicted molar refractivity (Wildman–Crippen MR) is 68.0 cm³/mol. The monoisotopic (exact) mass is 297 g/mol. The Morgan fingerprint density at radius 3 is 2.60 bits per heavy atom. The lowest BCUT2D eigenvalue weighted by Crippen LogP contribution is -2.26. The van der Waals surface area contributed by atoms with E-state index in [-0.39, 0.29) is 16.0 Å². The molecule has 20 heavy (non-hydrogen) atoms. The molecule has 0 aliphatic heterocycles. The van der Waals surface area contributed by atoms with Gasteiger partial charge in [-0.15, -0.1) is 11.3 Å². The lowest BCUT2D eigenvalue weighted by atomic mass is 10.2. The lowest BCUT2D eigenvalue weighted by molar-refractivity contribution is -0.140. The fraction of sp³-hybridized carbons (Fsp3) is 0.0833. The molecule has 0 amide bonds. The smallest absolute Gasteiger partial charge is 0.245 e. The third kappa shape index (κ3) is 1.97. The van der Waals surface area contributed by atoms with Crippen LogP contribution in [-0.4, -0.2) is 14.5 Å². The van der Waals surface area contributed by atoms with Gasteiger partial charge in [-0.3, -0.25) is 0 Å². The van der Waals surface area contributed by atoms with Crippen LogP contribution in [0.25, 0.3) is 16.0 Å². The van der Waals surface area contributed by atoms with Crippen LogP contribution in [-0.2, 0) is 6.18 Å². The molecule has 0 saturated heterocycles. The summed E-state index contributed by atoms with van der Waals surface area (Å²) in [5.41, 5.74) is -2.04. The predicted octanol–water partition coefficient (Wildman–Crippen LogP) is 2.86. The van der Waals surface area contributed by atoms with Gasteiger partial charge in [0.05, 0.1) is 5.52 Å². The van der Waals surface area contributed by atoms with E-state index in [1.165, 1.54) is 24.4 Å². The van der Waals surface area contributed by atoms with E-state index in [0.29, 0.717) is 0 Å². The van der Waals surface area contributed by atoms with E-state index < -0.39 is 17.6 Å². The molecular weight excluding hydrogens is 291 g/mol. The molecule has 0 radical (unpaired) electrons. The Labute approximate surface area is 114 Å². The van der Waals surface area contributed by atoms with Crippen LogP contribution in [0.5, 0.6) is 0 Å². The van der Waals surface area contributed by atoms with Crippen molar-refractivity contribution in [3.05, 3.63) is 52.0 Å². The summed E-state index contributed by atoms with van der Waals surface area (Å²) in [6.45, 7) is 0. The van der Waals surface area contributed by atoms with E-state index in [1.54, 1.807) is 11.4 Å². The van der Waals surface area contributed by atoms with E-state index in [4.69, 9.17) is 0 Å². The van der Waals surface area contributed by atoms with Crippen LogP contribution in [0, 0.1) is 0 Å². The molecule has 3 rings (SSSR count). The first kappa shape index (κ1) is 12.8. The highest BCUT2D eigenvalue weighted by Crippen LogP contribution is 2.32. The molecule has 0 saturated carbocycles. The van der Waals surface area contributed by atoms with Crippen LogP contribution in [0.2, 0.25) is 0 Å². The molecule has 0 fully saturated rings. The summed E-state index contributed by atoms with van der Waals surface area (Å²) < 4.78 is 39.9. The van der Waals surface area contributed by atoms with E-state index >= 15 is 0 Å². The average Bonchev–Trinajstić information content (AvgIpc) is 2.90. The van der Waals surface area contributed by atoms with Crippen LogP contribution >= 0.6 is 11.3 Å². The van der Waals surface area contributed by atoms with Crippen molar-refractivity contribution < 1.29 is 13.2 Å². The molecule has 0 aliphatic rings. The normalized spacial score (nSPS) is 11.9. The molecule has 0 atom stereocenters. The van der Waals surface area contributed by atoms with Crippen LogP contribution in [0.4, 0.5) is 13.2 Å². The van der Waals surface area contributed by atoms with Crippen LogP contribution in [0.1, 0.15) is 5.69 Å². The van der Waals surface area contributed by atoms with E-state index in [1.807, 2.05) is 0 Å². The third-order valence-electron chi connectivity index (χ3n) is 2.68. The molecule has 0 aliphatic carbocycles. The van der Waals surface area contributed by atoms with E-state index in [0.717, 1.165) is 15.9 Å². The Morgan fingerprint density at radius 1 is 1.20 bits per heavy atom. The minimum absolute atomic E-state index is 0.130. The van der Waals surface area contributed by atoms with Crippen molar-refractivity contribution >= 4 is 22.2 Å². The Kier molecular flexibility index (Phi) is 2.82.